The summed E-state index contributed by atoms with van der Waals surface area (Å²) in [6, 6.07) is 13.9. The van der Waals surface area contributed by atoms with E-state index < -0.39 is 5.91 Å². The van der Waals surface area contributed by atoms with Crippen LogP contribution in [0.2, 0.25) is 5.02 Å². The number of hydrogen-bond donors (Lipinski definition) is 2. The van der Waals surface area contributed by atoms with Gasteiger partial charge < -0.3 is 20.2 Å². The fraction of sp³-hybridized carbons (Fsp3) is 0.0769. The smallest absolute Gasteiger partial charge is 0.252 e. The molecule has 5 rings (SSSR count). The number of carbonyl (C=O) groups is 2. The van der Waals surface area contributed by atoms with Crippen molar-refractivity contribution in [1.82, 2.24) is 15.0 Å². The average Bonchev–Trinajstić information content (AvgIpc) is 3.27. The lowest BCUT2D eigenvalue weighted by Crippen LogP contribution is -2.16. The molecule has 3 N–H and O–H groups in total. The highest BCUT2D eigenvalue weighted by Gasteiger charge is 2.17. The van der Waals surface area contributed by atoms with E-state index in [-0.39, 0.29) is 23.7 Å². The van der Waals surface area contributed by atoms with E-state index in [9.17, 15) is 9.59 Å². The third-order valence-electron chi connectivity index (χ3n) is 5.53. The number of nitrogens with zero attached hydrogens (tertiary/aromatic N) is 2. The molecular formula is C26H19ClN4O4. The summed E-state index contributed by atoms with van der Waals surface area (Å²) in [6.07, 6.45) is 4.77. The zero-order valence-corrected chi connectivity index (χ0v) is 19.3. The Labute approximate surface area is 204 Å². The van der Waals surface area contributed by atoms with E-state index in [1.54, 1.807) is 74.0 Å². The van der Waals surface area contributed by atoms with E-state index in [0.29, 0.717) is 38.8 Å². The number of primary amides is 1. The number of hydrogen-bond acceptors (Lipinski definition) is 6. The van der Waals surface area contributed by atoms with Gasteiger partial charge in [-0.2, -0.15) is 0 Å². The molecule has 1 amide bonds. The number of carbonyl (C=O) groups excluding carboxylic acids is 2. The van der Waals surface area contributed by atoms with Gasteiger partial charge in [0.1, 0.15) is 11.5 Å². The first-order valence-electron chi connectivity index (χ1n) is 10.6. The lowest BCUT2D eigenvalue weighted by Gasteiger charge is -2.11. The first kappa shape index (κ1) is 22.4. The molecule has 174 valence electrons. The molecule has 8 nitrogen and oxygen atoms in total. The standard InChI is InChI=1S/C26H19ClN4O4/c1-14-26(30-7-6-29-14)35-18-4-5-19-21(12-31-22(19)11-18)23(32)13-34-24-10-15-2-3-17(27)8-16(15)9-20(24)25(28)33/h2-12,31H,13H2,1H3,(H2,28,33). The number of fused-ring (bicyclic) bond motifs is 2. The van der Waals surface area contributed by atoms with Gasteiger partial charge in [0.25, 0.3) is 5.91 Å². The zero-order valence-electron chi connectivity index (χ0n) is 18.5. The topological polar surface area (TPSA) is 120 Å². The molecule has 9 heteroatoms. The number of aromatic amines is 1. The SMILES string of the molecule is Cc1nccnc1Oc1ccc2c(C(=O)COc3cc4ccc(Cl)cc4cc3C(N)=O)c[nH]c2c1. The molecule has 0 bridgehead atoms. The van der Waals surface area contributed by atoms with Crippen molar-refractivity contribution < 1.29 is 19.1 Å². The number of aryl methyl sites for hydroxylation is 1. The highest BCUT2D eigenvalue weighted by molar-refractivity contribution is 6.31. The Balaban J connectivity index is 1.37. The summed E-state index contributed by atoms with van der Waals surface area (Å²) in [6.45, 7) is 1.53. The molecule has 0 unspecified atom stereocenters. The number of ether oxygens (including phenoxy) is 2. The number of nitrogens with two attached hydrogens (primary N) is 1. The fourth-order valence-electron chi connectivity index (χ4n) is 3.79. The number of halogens is 1. The van der Waals surface area contributed by atoms with Gasteiger partial charge in [-0.3, -0.25) is 14.6 Å². The predicted molar refractivity (Wildman–Crippen MR) is 132 cm³/mol. The van der Waals surface area contributed by atoms with Crippen molar-refractivity contribution in [3.05, 3.63) is 89.0 Å². The van der Waals surface area contributed by atoms with Crippen LogP contribution in [0.5, 0.6) is 17.4 Å². The Bertz CT molecular complexity index is 1610. The van der Waals surface area contributed by atoms with Gasteiger partial charge in [-0.15, -0.1) is 0 Å². The maximum absolute atomic E-state index is 13.0. The Morgan fingerprint density at radius 1 is 1.00 bits per heavy atom. The van der Waals surface area contributed by atoms with E-state index in [1.807, 2.05) is 0 Å². The Hall–Kier alpha value is -4.43. The van der Waals surface area contributed by atoms with Crippen molar-refractivity contribution in [3.63, 3.8) is 0 Å². The normalized spacial score (nSPS) is 11.0. The van der Waals surface area contributed by atoms with Crippen molar-refractivity contribution in [2.24, 2.45) is 5.73 Å². The van der Waals surface area contributed by atoms with Crippen LogP contribution in [0.15, 0.2) is 67.1 Å². The van der Waals surface area contributed by atoms with Gasteiger partial charge in [0, 0.05) is 46.1 Å². The molecule has 0 radical (unpaired) electrons. The van der Waals surface area contributed by atoms with Gasteiger partial charge in [0.05, 0.1) is 11.3 Å². The minimum absolute atomic E-state index is 0.174. The molecule has 0 saturated heterocycles. The number of nitrogens with one attached hydrogen (secondary N) is 1. The summed E-state index contributed by atoms with van der Waals surface area (Å²) >= 11 is 6.05. The molecule has 0 fully saturated rings. The molecule has 0 aliphatic heterocycles. The quantitative estimate of drug-likeness (QED) is 0.304. The first-order valence-corrected chi connectivity index (χ1v) is 11.0. The van der Waals surface area contributed by atoms with E-state index in [0.717, 1.165) is 10.8 Å². The van der Waals surface area contributed by atoms with Crippen molar-refractivity contribution in [1.29, 1.82) is 0 Å². The van der Waals surface area contributed by atoms with Crippen LogP contribution in [0.25, 0.3) is 21.7 Å². The largest absolute Gasteiger partial charge is 0.485 e. The summed E-state index contributed by atoms with van der Waals surface area (Å²) < 4.78 is 11.6. The fourth-order valence-corrected chi connectivity index (χ4v) is 3.97. The van der Waals surface area contributed by atoms with Crippen molar-refractivity contribution in [2.45, 2.75) is 6.92 Å². The molecule has 2 heterocycles. The molecule has 3 aromatic carbocycles. The van der Waals surface area contributed by atoms with E-state index in [2.05, 4.69) is 15.0 Å². The number of aromatic nitrogens is 3. The van der Waals surface area contributed by atoms with Gasteiger partial charge in [0.15, 0.2) is 6.61 Å². The highest BCUT2D eigenvalue weighted by atomic mass is 35.5. The Morgan fingerprint density at radius 2 is 1.83 bits per heavy atom. The number of rotatable bonds is 7. The van der Waals surface area contributed by atoms with Gasteiger partial charge in [-0.05, 0) is 54.1 Å². The summed E-state index contributed by atoms with van der Waals surface area (Å²) in [5.74, 6) is 0.274. The highest BCUT2D eigenvalue weighted by Crippen LogP contribution is 2.30. The maximum Gasteiger partial charge on any atom is 0.252 e. The molecule has 0 spiro atoms. The van der Waals surface area contributed by atoms with Crippen molar-refractivity contribution >= 4 is 45.0 Å². The average molecular weight is 487 g/mol. The van der Waals surface area contributed by atoms with Gasteiger partial charge >= 0.3 is 0 Å². The maximum atomic E-state index is 13.0. The number of amides is 1. The molecule has 5 aromatic rings. The van der Waals surface area contributed by atoms with Crippen LogP contribution in [-0.4, -0.2) is 33.2 Å². The summed E-state index contributed by atoms with van der Waals surface area (Å²) in [7, 11) is 0. The van der Waals surface area contributed by atoms with Gasteiger partial charge in [-0.25, -0.2) is 4.98 Å². The van der Waals surface area contributed by atoms with E-state index in [4.69, 9.17) is 26.8 Å². The second-order valence-electron chi connectivity index (χ2n) is 7.87. The molecule has 0 aliphatic rings. The Morgan fingerprint density at radius 3 is 2.63 bits per heavy atom. The number of benzene rings is 3. The van der Waals surface area contributed by atoms with Crippen LogP contribution in [0.3, 0.4) is 0 Å². The minimum atomic E-state index is -0.660. The molecule has 0 atom stereocenters. The summed E-state index contributed by atoms with van der Waals surface area (Å²) in [5, 5.41) is 2.80. The van der Waals surface area contributed by atoms with Crippen LogP contribution >= 0.6 is 11.6 Å². The van der Waals surface area contributed by atoms with E-state index in [1.165, 1.54) is 0 Å². The van der Waals surface area contributed by atoms with Crippen LogP contribution in [0.1, 0.15) is 26.4 Å². The molecule has 2 aromatic heterocycles. The first-order chi connectivity index (χ1) is 16.9. The zero-order chi connectivity index (χ0) is 24.5. The van der Waals surface area contributed by atoms with Crippen LogP contribution in [-0.2, 0) is 0 Å². The monoisotopic (exact) mass is 486 g/mol. The summed E-state index contributed by atoms with van der Waals surface area (Å²) in [4.78, 5) is 36.4. The van der Waals surface area contributed by atoms with E-state index >= 15 is 0 Å². The predicted octanol–water partition coefficient (Wildman–Crippen LogP) is 5.23. The molecule has 0 aliphatic carbocycles. The summed E-state index contributed by atoms with van der Waals surface area (Å²) in [5.41, 5.74) is 7.54. The molecule has 0 saturated carbocycles. The van der Waals surface area contributed by atoms with Crippen LogP contribution in [0.4, 0.5) is 0 Å². The Kier molecular flexibility index (Phi) is 5.80. The lowest BCUT2D eigenvalue weighted by atomic mass is 10.1. The van der Waals surface area contributed by atoms with Crippen molar-refractivity contribution in [2.75, 3.05) is 6.61 Å². The van der Waals surface area contributed by atoms with Gasteiger partial charge in [0.2, 0.25) is 11.7 Å². The van der Waals surface area contributed by atoms with Crippen LogP contribution < -0.4 is 15.2 Å². The second-order valence-corrected chi connectivity index (χ2v) is 8.31. The number of Topliss-reactive ketones (excluding diaryl/α,β-unsaturated/α-hetero) is 1. The lowest BCUT2D eigenvalue weighted by molar-refractivity contribution is 0.0914. The number of H-pyrrole nitrogens is 1. The third-order valence-corrected chi connectivity index (χ3v) is 5.76. The van der Waals surface area contributed by atoms with Crippen molar-refractivity contribution in [3.8, 4) is 17.4 Å². The molecular weight excluding hydrogens is 468 g/mol. The van der Waals surface area contributed by atoms with Gasteiger partial charge in [-0.1, -0.05) is 17.7 Å². The minimum Gasteiger partial charge on any atom is -0.485 e. The molecule has 35 heavy (non-hydrogen) atoms. The second kappa shape index (κ2) is 9.08. The third kappa shape index (κ3) is 4.51. The van der Waals surface area contributed by atoms with Crippen LogP contribution in [0, 0.1) is 6.92 Å². The number of ketones is 1.